The average molecular weight is 380 g/mol. The van der Waals surface area contributed by atoms with E-state index < -0.39 is 11.6 Å². The van der Waals surface area contributed by atoms with Crippen molar-refractivity contribution in [3.8, 4) is 5.75 Å². The lowest BCUT2D eigenvalue weighted by Gasteiger charge is -2.27. The van der Waals surface area contributed by atoms with Gasteiger partial charge in [0.25, 0.3) is 5.91 Å². The molecule has 28 heavy (non-hydrogen) atoms. The minimum atomic E-state index is -1.07. The fraction of sp³-hybridized carbons (Fsp3) is 0.318. The third-order valence-corrected chi connectivity index (χ3v) is 5.08. The van der Waals surface area contributed by atoms with Crippen molar-refractivity contribution < 1.29 is 19.1 Å². The number of ketones is 1. The van der Waals surface area contributed by atoms with E-state index in [0.717, 1.165) is 12.0 Å². The van der Waals surface area contributed by atoms with Crippen LogP contribution in [0.2, 0.25) is 0 Å². The first kappa shape index (κ1) is 19.6. The van der Waals surface area contributed by atoms with Crippen LogP contribution in [0.4, 0.5) is 4.79 Å². The van der Waals surface area contributed by atoms with Gasteiger partial charge in [0.2, 0.25) is 0 Å². The Morgan fingerprint density at radius 2 is 1.86 bits per heavy atom. The number of hydrogen-bond donors (Lipinski definition) is 1. The monoisotopic (exact) mass is 380 g/mol. The second-order valence-corrected chi connectivity index (χ2v) is 6.93. The Hall–Kier alpha value is -3.15. The molecule has 6 heteroatoms. The summed E-state index contributed by atoms with van der Waals surface area (Å²) in [5.41, 5.74) is 0.811. The lowest BCUT2D eigenvalue weighted by Crippen LogP contribution is -2.43. The SMILES string of the molecule is CCC[C@@]1(c2ccccc2)NC(=O)N(Cc2cc(C(C)=O)ccc2OC)C1=O. The first-order valence-corrected chi connectivity index (χ1v) is 9.30. The molecule has 1 aliphatic heterocycles. The van der Waals surface area contributed by atoms with Crippen molar-refractivity contribution in [2.24, 2.45) is 0 Å². The van der Waals surface area contributed by atoms with Gasteiger partial charge in [0.05, 0.1) is 13.7 Å². The van der Waals surface area contributed by atoms with Crippen molar-refractivity contribution in [1.29, 1.82) is 0 Å². The molecule has 0 aliphatic carbocycles. The van der Waals surface area contributed by atoms with E-state index in [2.05, 4.69) is 5.32 Å². The van der Waals surface area contributed by atoms with Gasteiger partial charge in [-0.2, -0.15) is 0 Å². The molecule has 1 fully saturated rings. The van der Waals surface area contributed by atoms with Gasteiger partial charge in [0.15, 0.2) is 5.78 Å². The molecule has 6 nitrogen and oxygen atoms in total. The van der Waals surface area contributed by atoms with Crippen LogP contribution in [0.1, 0.15) is 48.2 Å². The zero-order valence-corrected chi connectivity index (χ0v) is 16.3. The predicted octanol–water partition coefficient (Wildman–Crippen LogP) is 3.65. The lowest BCUT2D eigenvalue weighted by molar-refractivity contribution is -0.132. The van der Waals surface area contributed by atoms with Crippen molar-refractivity contribution in [2.75, 3.05) is 7.11 Å². The number of urea groups is 1. The molecule has 0 saturated carbocycles. The molecular weight excluding hydrogens is 356 g/mol. The Bertz CT molecular complexity index is 910. The number of methoxy groups -OCH3 is 1. The normalized spacial score (nSPS) is 18.9. The van der Waals surface area contributed by atoms with Crippen molar-refractivity contribution in [2.45, 2.75) is 38.8 Å². The van der Waals surface area contributed by atoms with Gasteiger partial charge in [-0.05, 0) is 37.1 Å². The van der Waals surface area contributed by atoms with Crippen molar-refractivity contribution in [3.63, 3.8) is 0 Å². The van der Waals surface area contributed by atoms with E-state index in [1.165, 1.54) is 18.9 Å². The molecule has 0 spiro atoms. The number of ether oxygens (including phenoxy) is 1. The largest absolute Gasteiger partial charge is 0.496 e. The summed E-state index contributed by atoms with van der Waals surface area (Å²) in [7, 11) is 1.52. The molecule has 0 bridgehead atoms. The summed E-state index contributed by atoms with van der Waals surface area (Å²) < 4.78 is 5.36. The van der Waals surface area contributed by atoms with E-state index in [4.69, 9.17) is 4.74 Å². The second kappa shape index (κ2) is 7.84. The van der Waals surface area contributed by atoms with E-state index in [-0.39, 0.29) is 18.2 Å². The predicted molar refractivity (Wildman–Crippen MR) is 105 cm³/mol. The van der Waals surface area contributed by atoms with Crippen LogP contribution in [0.5, 0.6) is 5.75 Å². The van der Waals surface area contributed by atoms with Gasteiger partial charge in [-0.3, -0.25) is 14.5 Å². The van der Waals surface area contributed by atoms with Gasteiger partial charge < -0.3 is 10.1 Å². The number of rotatable bonds is 7. The maximum atomic E-state index is 13.4. The fourth-order valence-electron chi connectivity index (χ4n) is 3.67. The van der Waals surface area contributed by atoms with E-state index in [1.54, 1.807) is 18.2 Å². The number of hydrogen-bond acceptors (Lipinski definition) is 4. The molecular formula is C22H24N2O4. The van der Waals surface area contributed by atoms with Crippen LogP contribution in [-0.4, -0.2) is 29.7 Å². The van der Waals surface area contributed by atoms with Crippen molar-refractivity contribution in [1.82, 2.24) is 10.2 Å². The van der Waals surface area contributed by atoms with Gasteiger partial charge in [0.1, 0.15) is 11.3 Å². The highest BCUT2D eigenvalue weighted by atomic mass is 16.5. The summed E-state index contributed by atoms with van der Waals surface area (Å²) >= 11 is 0. The van der Waals surface area contributed by atoms with Gasteiger partial charge in [-0.1, -0.05) is 43.7 Å². The molecule has 1 N–H and O–H groups in total. The Labute approximate surface area is 164 Å². The number of carbonyl (C=O) groups is 3. The summed E-state index contributed by atoms with van der Waals surface area (Å²) in [6.07, 6.45) is 1.24. The van der Waals surface area contributed by atoms with Crippen LogP contribution >= 0.6 is 0 Å². The van der Waals surface area contributed by atoms with E-state index in [1.807, 2.05) is 37.3 Å². The van der Waals surface area contributed by atoms with Crippen LogP contribution < -0.4 is 10.1 Å². The number of nitrogens with one attached hydrogen (secondary N) is 1. The smallest absolute Gasteiger partial charge is 0.325 e. The Balaban J connectivity index is 1.98. The summed E-state index contributed by atoms with van der Waals surface area (Å²) in [6.45, 7) is 3.49. The number of Topliss-reactive ketones (excluding diaryl/α,β-unsaturated/α-hetero) is 1. The molecule has 0 aromatic heterocycles. The minimum Gasteiger partial charge on any atom is -0.496 e. The van der Waals surface area contributed by atoms with Gasteiger partial charge >= 0.3 is 6.03 Å². The highest BCUT2D eigenvalue weighted by Gasteiger charge is 2.51. The van der Waals surface area contributed by atoms with Crippen LogP contribution in [-0.2, 0) is 16.9 Å². The molecule has 2 aromatic carbocycles. The number of amides is 3. The van der Waals surface area contributed by atoms with Crippen LogP contribution in [0, 0.1) is 0 Å². The Morgan fingerprint density at radius 1 is 1.14 bits per heavy atom. The molecule has 3 rings (SSSR count). The van der Waals surface area contributed by atoms with Gasteiger partial charge in [-0.15, -0.1) is 0 Å². The summed E-state index contributed by atoms with van der Waals surface area (Å²) in [5.74, 6) is 0.143. The van der Waals surface area contributed by atoms with Crippen molar-refractivity contribution in [3.05, 3.63) is 65.2 Å². The molecule has 1 heterocycles. The molecule has 1 atom stereocenters. The minimum absolute atomic E-state index is 0.0350. The maximum Gasteiger partial charge on any atom is 0.325 e. The molecule has 2 aromatic rings. The zero-order chi connectivity index (χ0) is 20.3. The quantitative estimate of drug-likeness (QED) is 0.588. The highest BCUT2D eigenvalue weighted by Crippen LogP contribution is 2.35. The van der Waals surface area contributed by atoms with Gasteiger partial charge in [-0.25, -0.2) is 4.79 Å². The van der Waals surface area contributed by atoms with E-state index in [0.29, 0.717) is 23.3 Å². The first-order valence-electron chi connectivity index (χ1n) is 9.30. The van der Waals surface area contributed by atoms with Crippen LogP contribution in [0.25, 0.3) is 0 Å². The fourth-order valence-corrected chi connectivity index (χ4v) is 3.67. The summed E-state index contributed by atoms with van der Waals surface area (Å²) in [6, 6.07) is 13.9. The standard InChI is InChI=1S/C22H24N2O4/c1-4-12-22(18-8-6-5-7-9-18)20(26)24(21(27)23-22)14-17-13-16(15(2)25)10-11-19(17)28-3/h5-11,13H,4,12,14H2,1-3H3,(H,23,27)/t22-/m0/s1. The number of imide groups is 1. The third kappa shape index (κ3) is 3.38. The van der Waals surface area contributed by atoms with Crippen molar-refractivity contribution >= 4 is 17.7 Å². The topological polar surface area (TPSA) is 75.7 Å². The molecule has 3 amide bonds. The number of carbonyl (C=O) groups excluding carboxylic acids is 3. The lowest BCUT2D eigenvalue weighted by atomic mass is 9.85. The third-order valence-electron chi connectivity index (χ3n) is 5.08. The summed E-state index contributed by atoms with van der Waals surface area (Å²) in [5, 5.41) is 2.91. The van der Waals surface area contributed by atoms with Crippen LogP contribution in [0.15, 0.2) is 48.5 Å². The maximum absolute atomic E-state index is 13.4. The molecule has 0 unspecified atom stereocenters. The molecule has 146 valence electrons. The number of nitrogens with zero attached hydrogens (tertiary/aromatic N) is 1. The zero-order valence-electron chi connectivity index (χ0n) is 16.3. The Morgan fingerprint density at radius 3 is 2.46 bits per heavy atom. The average Bonchev–Trinajstić information content (AvgIpc) is 2.94. The first-order chi connectivity index (χ1) is 13.4. The molecule has 1 saturated heterocycles. The van der Waals surface area contributed by atoms with E-state index >= 15 is 0 Å². The number of benzene rings is 2. The highest BCUT2D eigenvalue weighted by molar-refractivity contribution is 6.07. The van der Waals surface area contributed by atoms with E-state index in [9.17, 15) is 14.4 Å². The summed E-state index contributed by atoms with van der Waals surface area (Å²) in [4.78, 5) is 39.1. The van der Waals surface area contributed by atoms with Crippen LogP contribution in [0.3, 0.4) is 0 Å². The molecule has 1 aliphatic rings. The second-order valence-electron chi connectivity index (χ2n) is 6.93. The molecule has 0 radical (unpaired) electrons. The van der Waals surface area contributed by atoms with Gasteiger partial charge in [0, 0.05) is 11.1 Å². The Kier molecular flexibility index (Phi) is 5.49.